The van der Waals surface area contributed by atoms with E-state index in [0.717, 1.165) is 22.6 Å². The van der Waals surface area contributed by atoms with Crippen molar-refractivity contribution in [2.24, 2.45) is 0 Å². The molecule has 0 aliphatic rings. The van der Waals surface area contributed by atoms with Gasteiger partial charge in [0.2, 0.25) is 0 Å². The Bertz CT molecular complexity index is 813. The summed E-state index contributed by atoms with van der Waals surface area (Å²) < 4.78 is 5.77. The summed E-state index contributed by atoms with van der Waals surface area (Å²) in [5, 5.41) is 13.2. The number of phenols is 1. The van der Waals surface area contributed by atoms with Crippen LogP contribution in [0.15, 0.2) is 66.7 Å². The van der Waals surface area contributed by atoms with Crippen LogP contribution in [0.3, 0.4) is 0 Å². The predicted octanol–water partition coefficient (Wildman–Crippen LogP) is 5.89. The summed E-state index contributed by atoms with van der Waals surface area (Å²) >= 11 is 11.8. The molecule has 25 heavy (non-hydrogen) atoms. The molecule has 128 valence electrons. The molecule has 0 spiro atoms. The lowest BCUT2D eigenvalue weighted by atomic mass is 10.2. The number of ether oxygens (including phenoxy) is 1. The van der Waals surface area contributed by atoms with Crippen LogP contribution in [0, 0.1) is 0 Å². The van der Waals surface area contributed by atoms with Crippen molar-refractivity contribution in [2.45, 2.75) is 13.2 Å². The van der Waals surface area contributed by atoms with Crippen molar-refractivity contribution in [1.29, 1.82) is 0 Å². The van der Waals surface area contributed by atoms with Crippen LogP contribution in [-0.2, 0) is 13.2 Å². The van der Waals surface area contributed by atoms with E-state index in [1.807, 2.05) is 54.6 Å². The molecule has 3 aromatic rings. The Morgan fingerprint density at radius 2 is 1.48 bits per heavy atom. The molecular weight excluding hydrogens is 357 g/mol. The maximum atomic E-state index is 9.57. The molecule has 0 unspecified atom stereocenters. The largest absolute Gasteiger partial charge is 0.505 e. The third-order valence-corrected chi connectivity index (χ3v) is 4.26. The van der Waals surface area contributed by atoms with Crippen molar-refractivity contribution < 1.29 is 9.84 Å². The van der Waals surface area contributed by atoms with E-state index in [-0.39, 0.29) is 15.8 Å². The highest BCUT2D eigenvalue weighted by Crippen LogP contribution is 2.34. The highest BCUT2D eigenvalue weighted by molar-refractivity contribution is 6.37. The summed E-state index contributed by atoms with van der Waals surface area (Å²) in [6, 6.07) is 21.2. The summed E-state index contributed by atoms with van der Waals surface area (Å²) in [5.74, 6) is 0.720. The Morgan fingerprint density at radius 3 is 2.12 bits per heavy atom. The maximum Gasteiger partial charge on any atom is 0.152 e. The summed E-state index contributed by atoms with van der Waals surface area (Å²) in [6.07, 6.45) is 0. The lowest BCUT2D eigenvalue weighted by Gasteiger charge is -2.10. The van der Waals surface area contributed by atoms with Crippen LogP contribution < -0.4 is 10.1 Å². The number of hydrogen-bond donors (Lipinski definition) is 2. The Kier molecular flexibility index (Phi) is 5.69. The molecule has 0 amide bonds. The molecule has 3 nitrogen and oxygen atoms in total. The minimum atomic E-state index is -0.103. The molecule has 0 saturated heterocycles. The summed E-state index contributed by atoms with van der Waals surface area (Å²) in [6.45, 7) is 1.15. The number of hydrogen-bond acceptors (Lipinski definition) is 3. The van der Waals surface area contributed by atoms with Crippen molar-refractivity contribution in [3.8, 4) is 11.5 Å². The van der Waals surface area contributed by atoms with E-state index in [4.69, 9.17) is 27.9 Å². The summed E-state index contributed by atoms with van der Waals surface area (Å²) in [5.41, 5.74) is 2.97. The molecule has 0 aliphatic heterocycles. The zero-order valence-electron chi connectivity index (χ0n) is 13.4. The molecular formula is C20H17Cl2NO2. The fourth-order valence-electron chi connectivity index (χ4n) is 2.32. The van der Waals surface area contributed by atoms with Crippen LogP contribution in [0.2, 0.25) is 10.0 Å². The van der Waals surface area contributed by atoms with Crippen molar-refractivity contribution in [3.05, 3.63) is 87.9 Å². The Labute approximate surface area is 156 Å². The number of phenolic OH excluding ortho intramolecular Hbond substituents is 1. The average Bonchev–Trinajstić information content (AvgIpc) is 2.64. The molecule has 0 aromatic heterocycles. The first-order valence-corrected chi connectivity index (χ1v) is 8.55. The standard InChI is InChI=1S/C20H17Cl2NO2/c21-18-10-16(11-19(22)20(18)24)23-12-14-6-8-17(9-7-14)25-13-15-4-2-1-3-5-15/h1-11,23-24H,12-13H2. The van der Waals surface area contributed by atoms with E-state index >= 15 is 0 Å². The minimum Gasteiger partial charge on any atom is -0.505 e. The van der Waals surface area contributed by atoms with Crippen LogP contribution >= 0.6 is 23.2 Å². The van der Waals surface area contributed by atoms with Gasteiger partial charge in [0, 0.05) is 12.2 Å². The molecule has 0 heterocycles. The van der Waals surface area contributed by atoms with E-state index in [1.165, 1.54) is 0 Å². The van der Waals surface area contributed by atoms with Crippen LogP contribution in [0.25, 0.3) is 0 Å². The lowest BCUT2D eigenvalue weighted by molar-refractivity contribution is 0.306. The third-order valence-electron chi connectivity index (χ3n) is 3.69. The molecule has 5 heteroatoms. The Morgan fingerprint density at radius 1 is 0.840 bits per heavy atom. The number of halogens is 2. The normalized spacial score (nSPS) is 10.5. The van der Waals surface area contributed by atoms with Gasteiger partial charge < -0.3 is 15.2 Å². The highest BCUT2D eigenvalue weighted by Gasteiger charge is 2.06. The van der Waals surface area contributed by atoms with Gasteiger partial charge >= 0.3 is 0 Å². The first-order valence-electron chi connectivity index (χ1n) is 7.79. The van der Waals surface area contributed by atoms with E-state index in [0.29, 0.717) is 13.2 Å². The summed E-state index contributed by atoms with van der Waals surface area (Å²) in [7, 11) is 0. The second-order valence-corrected chi connectivity index (χ2v) is 6.37. The maximum absolute atomic E-state index is 9.57. The number of anilines is 1. The third kappa shape index (κ3) is 4.81. The fourth-order valence-corrected chi connectivity index (χ4v) is 2.80. The predicted molar refractivity (Wildman–Crippen MR) is 103 cm³/mol. The molecule has 2 N–H and O–H groups in total. The second kappa shape index (κ2) is 8.15. The monoisotopic (exact) mass is 373 g/mol. The van der Waals surface area contributed by atoms with Crippen LogP contribution in [0.5, 0.6) is 11.5 Å². The van der Waals surface area contributed by atoms with Crippen molar-refractivity contribution in [1.82, 2.24) is 0 Å². The first-order chi connectivity index (χ1) is 12.1. The summed E-state index contributed by atoms with van der Waals surface area (Å²) in [4.78, 5) is 0. The van der Waals surface area contributed by atoms with Crippen LogP contribution in [0.1, 0.15) is 11.1 Å². The zero-order chi connectivity index (χ0) is 17.6. The van der Waals surface area contributed by atoms with Gasteiger partial charge in [-0.3, -0.25) is 0 Å². The van der Waals surface area contributed by atoms with E-state index < -0.39 is 0 Å². The number of benzene rings is 3. The van der Waals surface area contributed by atoms with Crippen molar-refractivity contribution in [3.63, 3.8) is 0 Å². The molecule has 0 fully saturated rings. The molecule has 0 aliphatic carbocycles. The molecule has 3 rings (SSSR count). The molecule has 0 saturated carbocycles. The molecule has 0 bridgehead atoms. The fraction of sp³-hybridized carbons (Fsp3) is 0.100. The molecule has 0 atom stereocenters. The molecule has 3 aromatic carbocycles. The number of rotatable bonds is 6. The number of nitrogens with one attached hydrogen (secondary N) is 1. The van der Waals surface area contributed by atoms with Gasteiger partial charge in [-0.1, -0.05) is 65.7 Å². The zero-order valence-corrected chi connectivity index (χ0v) is 14.9. The quantitative estimate of drug-likeness (QED) is 0.529. The smallest absolute Gasteiger partial charge is 0.152 e. The Hall–Kier alpha value is -2.36. The van der Waals surface area contributed by atoms with Gasteiger partial charge in [0.15, 0.2) is 5.75 Å². The molecule has 0 radical (unpaired) electrons. The van der Waals surface area contributed by atoms with Crippen molar-refractivity contribution in [2.75, 3.05) is 5.32 Å². The van der Waals surface area contributed by atoms with Gasteiger partial charge in [-0.25, -0.2) is 0 Å². The topological polar surface area (TPSA) is 41.5 Å². The van der Waals surface area contributed by atoms with Gasteiger partial charge in [-0.05, 0) is 35.4 Å². The highest BCUT2D eigenvalue weighted by atomic mass is 35.5. The average molecular weight is 374 g/mol. The van der Waals surface area contributed by atoms with Gasteiger partial charge in [0.25, 0.3) is 0 Å². The van der Waals surface area contributed by atoms with Crippen LogP contribution in [0.4, 0.5) is 5.69 Å². The first kappa shape index (κ1) is 17.5. The van der Waals surface area contributed by atoms with Crippen LogP contribution in [-0.4, -0.2) is 5.11 Å². The van der Waals surface area contributed by atoms with Gasteiger partial charge in [0.1, 0.15) is 12.4 Å². The Balaban J connectivity index is 1.56. The number of aromatic hydroxyl groups is 1. The van der Waals surface area contributed by atoms with Gasteiger partial charge in [-0.15, -0.1) is 0 Å². The van der Waals surface area contributed by atoms with Gasteiger partial charge in [0.05, 0.1) is 10.0 Å². The minimum absolute atomic E-state index is 0.103. The van der Waals surface area contributed by atoms with Gasteiger partial charge in [-0.2, -0.15) is 0 Å². The van der Waals surface area contributed by atoms with Crippen molar-refractivity contribution >= 4 is 28.9 Å². The lowest BCUT2D eigenvalue weighted by Crippen LogP contribution is -2.00. The second-order valence-electron chi connectivity index (χ2n) is 5.56. The SMILES string of the molecule is Oc1c(Cl)cc(NCc2ccc(OCc3ccccc3)cc2)cc1Cl. The van der Waals surface area contributed by atoms with E-state index in [2.05, 4.69) is 5.32 Å². The van der Waals surface area contributed by atoms with E-state index in [1.54, 1.807) is 12.1 Å². The van der Waals surface area contributed by atoms with E-state index in [9.17, 15) is 5.11 Å².